The van der Waals surface area contributed by atoms with Gasteiger partial charge in [-0.1, -0.05) is 0 Å². The normalized spacial score (nSPS) is 22.1. The molecule has 1 amide bonds. The lowest BCUT2D eigenvalue weighted by atomic mass is 9.93. The highest BCUT2D eigenvalue weighted by molar-refractivity contribution is 5.92. The fourth-order valence-electron chi connectivity index (χ4n) is 2.28. The first-order valence-corrected chi connectivity index (χ1v) is 6.16. The van der Waals surface area contributed by atoms with E-state index in [2.05, 4.69) is 22.5 Å². The second-order valence-electron chi connectivity index (χ2n) is 4.76. The molecule has 1 saturated heterocycles. The van der Waals surface area contributed by atoms with Crippen LogP contribution in [0.15, 0.2) is 12.5 Å². The maximum Gasteiger partial charge on any atom is 0.269 e. The van der Waals surface area contributed by atoms with Gasteiger partial charge in [0.05, 0.1) is 12.5 Å². The fraction of sp³-hybridized carbons (Fsp3) is 0.667. The third kappa shape index (κ3) is 2.85. The molecule has 1 aliphatic heterocycles. The Bertz CT molecular complexity index is 382. The number of piperidine rings is 1. The third-order valence-electron chi connectivity index (χ3n) is 3.45. The molecule has 0 spiro atoms. The van der Waals surface area contributed by atoms with Crippen LogP contribution in [-0.2, 0) is 7.05 Å². The number of hydrogen-bond donors (Lipinski definition) is 2. The Balaban J connectivity index is 1.92. The van der Waals surface area contributed by atoms with E-state index in [1.165, 1.54) is 12.8 Å². The molecule has 2 N–H and O–H groups in total. The summed E-state index contributed by atoms with van der Waals surface area (Å²) < 4.78 is 1.74. The Hall–Kier alpha value is -1.36. The van der Waals surface area contributed by atoms with Crippen LogP contribution in [0.4, 0.5) is 0 Å². The number of imidazole rings is 1. The van der Waals surface area contributed by atoms with Crippen LogP contribution in [0.3, 0.4) is 0 Å². The SMILES string of the molecule is CC(NC(=O)c1cncn1C)C1CCCNC1. The molecule has 2 heterocycles. The minimum atomic E-state index is -0.0388. The number of aryl methyl sites for hydroxylation is 1. The molecule has 2 rings (SSSR count). The molecule has 1 fully saturated rings. The summed E-state index contributed by atoms with van der Waals surface area (Å²) in [6.45, 7) is 4.16. The highest BCUT2D eigenvalue weighted by Gasteiger charge is 2.22. The van der Waals surface area contributed by atoms with Crippen molar-refractivity contribution in [2.75, 3.05) is 13.1 Å². The summed E-state index contributed by atoms with van der Waals surface area (Å²) in [6.07, 6.45) is 5.61. The molecule has 1 aromatic rings. The summed E-state index contributed by atoms with van der Waals surface area (Å²) in [6, 6.07) is 0.199. The highest BCUT2D eigenvalue weighted by Crippen LogP contribution is 2.14. The summed E-state index contributed by atoms with van der Waals surface area (Å²) in [4.78, 5) is 15.9. The summed E-state index contributed by atoms with van der Waals surface area (Å²) in [5, 5.41) is 6.42. The van der Waals surface area contributed by atoms with Crippen LogP contribution in [0, 0.1) is 5.92 Å². The predicted octanol–water partition coefficient (Wildman–Crippen LogP) is 0.538. The van der Waals surface area contributed by atoms with Crippen LogP contribution in [0.1, 0.15) is 30.3 Å². The first kappa shape index (κ1) is 12.1. The van der Waals surface area contributed by atoms with Crippen molar-refractivity contribution in [2.24, 2.45) is 13.0 Å². The van der Waals surface area contributed by atoms with Gasteiger partial charge in [0, 0.05) is 13.1 Å². The monoisotopic (exact) mass is 236 g/mol. The average molecular weight is 236 g/mol. The first-order valence-electron chi connectivity index (χ1n) is 6.16. The van der Waals surface area contributed by atoms with Gasteiger partial charge in [-0.05, 0) is 38.8 Å². The quantitative estimate of drug-likeness (QED) is 0.805. The number of nitrogens with one attached hydrogen (secondary N) is 2. The Labute approximate surface area is 102 Å². The molecular formula is C12H20N4O. The molecule has 94 valence electrons. The summed E-state index contributed by atoms with van der Waals surface area (Å²) in [7, 11) is 1.83. The van der Waals surface area contributed by atoms with E-state index in [0.29, 0.717) is 11.6 Å². The van der Waals surface area contributed by atoms with Crippen molar-refractivity contribution in [2.45, 2.75) is 25.8 Å². The summed E-state index contributed by atoms with van der Waals surface area (Å²) in [5.74, 6) is 0.490. The maximum atomic E-state index is 12.0. The van der Waals surface area contributed by atoms with Crippen molar-refractivity contribution in [3.8, 4) is 0 Å². The number of amides is 1. The molecule has 0 radical (unpaired) electrons. The number of aromatic nitrogens is 2. The smallest absolute Gasteiger partial charge is 0.269 e. The van der Waals surface area contributed by atoms with Crippen LogP contribution >= 0.6 is 0 Å². The van der Waals surface area contributed by atoms with Crippen molar-refractivity contribution in [3.05, 3.63) is 18.2 Å². The topological polar surface area (TPSA) is 59.0 Å². The standard InChI is InChI=1S/C12H20N4O/c1-9(10-4-3-5-13-6-10)15-12(17)11-7-14-8-16(11)2/h7-10,13H,3-6H2,1-2H3,(H,15,17). The Morgan fingerprint density at radius 3 is 3.12 bits per heavy atom. The van der Waals surface area contributed by atoms with Crippen molar-refractivity contribution in [3.63, 3.8) is 0 Å². The molecule has 0 aromatic carbocycles. The van der Waals surface area contributed by atoms with E-state index in [1.54, 1.807) is 17.1 Å². The van der Waals surface area contributed by atoms with Gasteiger partial charge < -0.3 is 15.2 Å². The number of hydrogen-bond acceptors (Lipinski definition) is 3. The van der Waals surface area contributed by atoms with Crippen LogP contribution in [0.2, 0.25) is 0 Å². The molecule has 0 aliphatic carbocycles. The van der Waals surface area contributed by atoms with E-state index in [9.17, 15) is 4.79 Å². The largest absolute Gasteiger partial charge is 0.348 e. The van der Waals surface area contributed by atoms with Gasteiger partial charge in [0.15, 0.2) is 0 Å². The van der Waals surface area contributed by atoms with Crippen molar-refractivity contribution >= 4 is 5.91 Å². The average Bonchev–Trinajstić information content (AvgIpc) is 2.76. The van der Waals surface area contributed by atoms with E-state index in [0.717, 1.165) is 13.1 Å². The lowest BCUT2D eigenvalue weighted by molar-refractivity contribution is 0.0913. The molecule has 17 heavy (non-hydrogen) atoms. The summed E-state index contributed by atoms with van der Waals surface area (Å²) >= 11 is 0. The Morgan fingerprint density at radius 2 is 2.53 bits per heavy atom. The van der Waals surface area contributed by atoms with Gasteiger partial charge in [-0.25, -0.2) is 4.98 Å². The number of carbonyl (C=O) groups excluding carboxylic acids is 1. The molecule has 0 bridgehead atoms. The zero-order valence-electron chi connectivity index (χ0n) is 10.4. The molecular weight excluding hydrogens is 216 g/mol. The van der Waals surface area contributed by atoms with Gasteiger partial charge in [-0.3, -0.25) is 4.79 Å². The minimum absolute atomic E-state index is 0.0388. The first-order chi connectivity index (χ1) is 8.18. The van der Waals surface area contributed by atoms with E-state index in [-0.39, 0.29) is 11.9 Å². The van der Waals surface area contributed by atoms with Gasteiger partial charge in [0.2, 0.25) is 0 Å². The van der Waals surface area contributed by atoms with Crippen LogP contribution in [0.25, 0.3) is 0 Å². The van der Waals surface area contributed by atoms with E-state index in [4.69, 9.17) is 0 Å². The Morgan fingerprint density at radius 1 is 1.71 bits per heavy atom. The maximum absolute atomic E-state index is 12.0. The van der Waals surface area contributed by atoms with E-state index in [1.807, 2.05) is 7.05 Å². The molecule has 0 saturated carbocycles. The summed E-state index contributed by atoms with van der Waals surface area (Å²) in [5.41, 5.74) is 0.612. The van der Waals surface area contributed by atoms with Crippen LogP contribution < -0.4 is 10.6 Å². The van der Waals surface area contributed by atoms with E-state index >= 15 is 0 Å². The fourth-order valence-corrected chi connectivity index (χ4v) is 2.28. The molecule has 2 atom stereocenters. The second-order valence-corrected chi connectivity index (χ2v) is 4.76. The number of rotatable bonds is 3. The zero-order valence-corrected chi connectivity index (χ0v) is 10.4. The number of carbonyl (C=O) groups is 1. The van der Waals surface area contributed by atoms with Crippen molar-refractivity contribution < 1.29 is 4.79 Å². The molecule has 2 unspecified atom stereocenters. The number of nitrogens with zero attached hydrogens (tertiary/aromatic N) is 2. The molecule has 5 nitrogen and oxygen atoms in total. The lowest BCUT2D eigenvalue weighted by Crippen LogP contribution is -2.44. The zero-order chi connectivity index (χ0) is 12.3. The second kappa shape index (κ2) is 5.31. The van der Waals surface area contributed by atoms with Gasteiger partial charge in [-0.2, -0.15) is 0 Å². The van der Waals surface area contributed by atoms with Crippen LogP contribution in [0.5, 0.6) is 0 Å². The van der Waals surface area contributed by atoms with Crippen molar-refractivity contribution in [1.82, 2.24) is 20.2 Å². The third-order valence-corrected chi connectivity index (χ3v) is 3.45. The van der Waals surface area contributed by atoms with Gasteiger partial charge in [0.25, 0.3) is 5.91 Å². The Kier molecular flexibility index (Phi) is 3.78. The van der Waals surface area contributed by atoms with Gasteiger partial charge in [-0.15, -0.1) is 0 Å². The molecule has 1 aliphatic rings. The predicted molar refractivity (Wildman–Crippen MR) is 65.7 cm³/mol. The van der Waals surface area contributed by atoms with E-state index < -0.39 is 0 Å². The van der Waals surface area contributed by atoms with Crippen LogP contribution in [-0.4, -0.2) is 34.6 Å². The molecule has 1 aromatic heterocycles. The van der Waals surface area contributed by atoms with Crippen molar-refractivity contribution in [1.29, 1.82) is 0 Å². The van der Waals surface area contributed by atoms with Gasteiger partial charge in [0.1, 0.15) is 5.69 Å². The highest BCUT2D eigenvalue weighted by atomic mass is 16.2. The van der Waals surface area contributed by atoms with Gasteiger partial charge >= 0.3 is 0 Å². The minimum Gasteiger partial charge on any atom is -0.348 e. The lowest BCUT2D eigenvalue weighted by Gasteiger charge is -2.28. The molecule has 5 heteroatoms.